The average Bonchev–Trinajstić information content (AvgIpc) is 1.64. The molecule has 2 aliphatic heterocycles. The molecule has 11 nitrogen and oxygen atoms in total. The Kier molecular flexibility index (Phi) is 18.1. The van der Waals surface area contributed by atoms with E-state index in [1.54, 1.807) is 4.98 Å². The molecular weight excluding hydrogens is 1440 g/mol. The fourth-order valence-corrected chi connectivity index (χ4v) is 11.8. The third kappa shape index (κ3) is 12.0. The van der Waals surface area contributed by atoms with Crippen LogP contribution in [0, 0.1) is 34.9 Å². The molecule has 3 unspecified atom stereocenters. The first-order valence-corrected chi connectivity index (χ1v) is 29.8. The first-order valence-electron chi connectivity index (χ1n) is 29.8. The number of carbonyl (C=O) groups is 1. The summed E-state index contributed by atoms with van der Waals surface area (Å²) in [5.41, 5.74) is -64.0. The molecule has 3 atom stereocenters. The van der Waals surface area contributed by atoms with Crippen molar-refractivity contribution in [3.63, 3.8) is 0 Å². The summed E-state index contributed by atoms with van der Waals surface area (Å²) in [6.07, 6.45) is -30.7. The summed E-state index contributed by atoms with van der Waals surface area (Å²) in [5, 5.41) is -3.21. The molecule has 3 aromatic heterocycles. The lowest BCUT2D eigenvalue weighted by Crippen LogP contribution is -2.52. The number of halogens is 27. The summed E-state index contributed by atoms with van der Waals surface area (Å²) in [5.74, 6) is -26.5. The Morgan fingerprint density at radius 1 is 0.392 bits per heavy atom. The number of fused-ring (bicyclic) bond motifs is 20. The summed E-state index contributed by atoms with van der Waals surface area (Å²) >= 11 is 0. The van der Waals surface area contributed by atoms with E-state index in [1.807, 2.05) is 6.92 Å². The molecule has 8 aromatic rings. The summed E-state index contributed by atoms with van der Waals surface area (Å²) in [7, 11) is 0. The number of aromatic nitrogens is 8. The van der Waals surface area contributed by atoms with Gasteiger partial charge in [-0.15, -0.1) is 0 Å². The average molecular weight is 1490 g/mol. The van der Waals surface area contributed by atoms with Crippen LogP contribution in [0.15, 0.2) is 42.5 Å². The van der Waals surface area contributed by atoms with Crippen LogP contribution >= 0.6 is 0 Å². The van der Waals surface area contributed by atoms with Crippen molar-refractivity contribution in [3.05, 3.63) is 116 Å². The van der Waals surface area contributed by atoms with Crippen LogP contribution in [0.2, 0.25) is 0 Å². The standard InChI is InChI=1S/C64H46F27N9O2/c1-9-10-11-12-13-20-92-53(101)22-14-16-23(17-15-22)102-24-18-19-25-26(21-24)46-93-45(25)94-47-29-27(39(65)33(54(2,3)71)35(41(29)67)56(6,73)60(77,78)79)49(96-47)98-51-30-31(43(69)37(58(8,75)62(83,84)85)36(42(30)68)57(7,74)61(80,81)82)52(100-51)99-50-28-32(48(95-46)97-50)44(70)38(34(40(28)66)55(4,5)72)59(76,63(86,87)88)64(89,90)91/h14-19,21H,9-13,20H2,1-8H3,(H,92,101)(H2,93,94,95,96,97,98,99,100). The Bertz CT molecular complexity index is 4920. The van der Waals surface area contributed by atoms with E-state index in [0.29, 0.717) is 6.42 Å². The number of unbranched alkanes of at least 4 members (excludes halogenated alkanes) is 4. The third-order valence-corrected chi connectivity index (χ3v) is 17.0. The SMILES string of the molecule is CCCCCCCNC(=O)c1ccc(Oc2ccc3c4nc5nc(nc6[nH]c(nc7nc(nc([nH]4)c3c2)-c2c(F)c(C(F)(C(F)(F)F)C(F)(F)F)c(C(C)(C)F)c(F)c2-7)c2c(F)c(C(C)(F)C(F)(F)F)c(C(C)(F)C(F)(F)F)c(F)c62)-c2c(F)c(C(C)(C)F)c(C(C)(F)C(F)(F)F)c(F)c2-5)cc1. The molecule has 5 aromatic carbocycles. The molecule has 0 fully saturated rings. The maximum Gasteiger partial charge on any atom is 0.436 e. The van der Waals surface area contributed by atoms with Gasteiger partial charge in [-0.1, -0.05) is 32.6 Å². The van der Waals surface area contributed by atoms with Gasteiger partial charge in [0, 0.05) is 50.7 Å². The molecular formula is C64H46F27N9O2. The molecule has 8 bridgehead atoms. The van der Waals surface area contributed by atoms with Crippen LogP contribution < -0.4 is 10.1 Å². The largest absolute Gasteiger partial charge is 0.457 e. The van der Waals surface area contributed by atoms with Gasteiger partial charge in [-0.2, -0.15) is 65.9 Å². The number of carbonyl (C=O) groups excluding carboxylic acids is 1. The van der Waals surface area contributed by atoms with Crippen LogP contribution in [0.5, 0.6) is 11.5 Å². The fraction of sp³-hybridized carbons (Fsp3) is 0.391. The summed E-state index contributed by atoms with van der Waals surface area (Å²) < 4.78 is 435. The van der Waals surface area contributed by atoms with Gasteiger partial charge < -0.3 is 20.0 Å². The second-order valence-corrected chi connectivity index (χ2v) is 25.1. The highest BCUT2D eigenvalue weighted by atomic mass is 19.4. The van der Waals surface area contributed by atoms with Gasteiger partial charge in [0.2, 0.25) is 17.0 Å². The van der Waals surface area contributed by atoms with E-state index in [-0.39, 0.29) is 45.6 Å². The third-order valence-electron chi connectivity index (χ3n) is 17.0. The van der Waals surface area contributed by atoms with Gasteiger partial charge in [-0.05, 0) is 97.4 Å². The van der Waals surface area contributed by atoms with Crippen LogP contribution in [0.25, 0.3) is 89.7 Å². The number of hydrogen-bond donors (Lipinski definition) is 3. The van der Waals surface area contributed by atoms with Crippen LogP contribution in [0.4, 0.5) is 119 Å². The Balaban J connectivity index is 1.45. The van der Waals surface area contributed by atoms with Gasteiger partial charge in [0.15, 0.2) is 23.3 Å². The second-order valence-electron chi connectivity index (χ2n) is 25.1. The predicted octanol–water partition coefficient (Wildman–Crippen LogP) is 21.1. The van der Waals surface area contributed by atoms with Crippen molar-refractivity contribution in [3.8, 4) is 57.1 Å². The van der Waals surface area contributed by atoms with E-state index >= 15 is 52.7 Å². The number of hydrogen-bond acceptors (Lipinski definition) is 8. The molecule has 3 N–H and O–H groups in total. The molecule has 5 heterocycles. The van der Waals surface area contributed by atoms with Crippen molar-refractivity contribution >= 4 is 50.0 Å². The minimum absolute atomic E-state index is 0.0741. The number of rotatable bonds is 15. The predicted molar refractivity (Wildman–Crippen MR) is 310 cm³/mol. The van der Waals surface area contributed by atoms with Crippen molar-refractivity contribution in [1.29, 1.82) is 0 Å². The maximum atomic E-state index is 17.8. The van der Waals surface area contributed by atoms with Crippen molar-refractivity contribution in [1.82, 2.24) is 45.2 Å². The fourth-order valence-electron chi connectivity index (χ4n) is 11.8. The smallest absolute Gasteiger partial charge is 0.436 e. The zero-order chi connectivity index (χ0) is 76.2. The van der Waals surface area contributed by atoms with Gasteiger partial charge >= 0.3 is 36.6 Å². The number of alkyl halides is 21. The number of ether oxygens (including phenoxy) is 1. The van der Waals surface area contributed by atoms with E-state index in [2.05, 4.69) is 40.2 Å². The van der Waals surface area contributed by atoms with Gasteiger partial charge in [0.1, 0.15) is 80.3 Å². The van der Waals surface area contributed by atoms with E-state index in [0.717, 1.165) is 43.9 Å². The van der Waals surface area contributed by atoms with Gasteiger partial charge in [0.25, 0.3) is 5.91 Å². The highest BCUT2D eigenvalue weighted by Crippen LogP contribution is 2.61. The number of H-pyrrole nitrogens is 2. The van der Waals surface area contributed by atoms with E-state index < -0.39 is 255 Å². The maximum absolute atomic E-state index is 17.8. The molecule has 0 saturated carbocycles. The quantitative estimate of drug-likeness (QED) is 0.0679. The van der Waals surface area contributed by atoms with Gasteiger partial charge in [0.05, 0.1) is 38.6 Å². The van der Waals surface area contributed by atoms with E-state index in [9.17, 15) is 70.7 Å². The van der Waals surface area contributed by atoms with Crippen LogP contribution in [0.1, 0.15) is 131 Å². The minimum Gasteiger partial charge on any atom is -0.457 e. The molecule has 38 heteroatoms. The van der Waals surface area contributed by atoms with Gasteiger partial charge in [-0.25, -0.2) is 82.6 Å². The number of amides is 1. The molecule has 2 aliphatic rings. The molecule has 0 spiro atoms. The summed E-state index contributed by atoms with van der Waals surface area (Å²) in [6.45, 7) is 0.522. The lowest BCUT2D eigenvalue weighted by Gasteiger charge is -2.34. The number of aromatic amines is 2. The number of nitrogens with zero attached hydrogens (tertiary/aromatic N) is 6. The molecule has 1 amide bonds. The Morgan fingerprint density at radius 2 is 0.735 bits per heavy atom. The lowest BCUT2D eigenvalue weighted by molar-refractivity contribution is -0.349. The van der Waals surface area contributed by atoms with Crippen molar-refractivity contribution in [2.75, 3.05) is 6.54 Å². The zero-order valence-electron chi connectivity index (χ0n) is 53.0. The topological polar surface area (TPSA) is 147 Å². The molecule has 548 valence electrons. The lowest BCUT2D eigenvalue weighted by atomic mass is 9.80. The Morgan fingerprint density at radius 3 is 1.13 bits per heavy atom. The normalized spacial score (nSPS) is 15.3. The van der Waals surface area contributed by atoms with E-state index in [1.165, 1.54) is 24.3 Å². The molecule has 0 saturated heterocycles. The minimum atomic E-state index is -7.49. The number of nitrogens with one attached hydrogen (secondary N) is 3. The first kappa shape index (κ1) is 75.5. The van der Waals surface area contributed by atoms with E-state index in [4.69, 9.17) is 4.74 Å². The monoisotopic (exact) mass is 1490 g/mol. The highest BCUT2D eigenvalue weighted by Gasteiger charge is 2.76. The van der Waals surface area contributed by atoms with Crippen LogP contribution in [-0.2, 0) is 34.0 Å². The van der Waals surface area contributed by atoms with Crippen molar-refractivity contribution < 1.29 is 128 Å². The Hall–Kier alpha value is -9.16. The van der Waals surface area contributed by atoms with Crippen molar-refractivity contribution in [2.45, 2.75) is 152 Å². The van der Waals surface area contributed by atoms with Gasteiger partial charge in [-0.3, -0.25) is 4.79 Å². The molecule has 0 aliphatic carbocycles. The summed E-state index contributed by atoms with van der Waals surface area (Å²) in [4.78, 5) is 39.3. The molecule has 102 heavy (non-hydrogen) atoms. The molecule has 0 radical (unpaired) electrons. The van der Waals surface area contributed by atoms with Crippen molar-refractivity contribution in [2.24, 2.45) is 0 Å². The summed E-state index contributed by atoms with van der Waals surface area (Å²) in [6, 6.07) is 7.69. The highest BCUT2D eigenvalue weighted by molar-refractivity contribution is 6.08. The van der Waals surface area contributed by atoms with Crippen LogP contribution in [0.3, 0.4) is 0 Å². The second kappa shape index (κ2) is 24.5. The first-order chi connectivity index (χ1) is 46.6. The number of benzene rings is 5. The Labute approximate surface area is 554 Å². The zero-order valence-corrected chi connectivity index (χ0v) is 53.0. The van der Waals surface area contributed by atoms with Crippen LogP contribution in [-0.4, -0.2) is 83.2 Å². The molecule has 10 rings (SSSR count).